The van der Waals surface area contributed by atoms with E-state index in [1.165, 1.54) is 35.1 Å². The van der Waals surface area contributed by atoms with E-state index in [2.05, 4.69) is 39.9 Å². The fraction of sp³-hybridized carbons (Fsp3) is 0.353. The Kier molecular flexibility index (Phi) is 5.91. The van der Waals surface area contributed by atoms with Crippen LogP contribution in [0.2, 0.25) is 0 Å². The average molecular weight is 411 g/mol. The van der Waals surface area contributed by atoms with E-state index < -0.39 is 10.0 Å². The topological polar surface area (TPSA) is 96.6 Å². The molecule has 0 amide bonds. The van der Waals surface area contributed by atoms with E-state index in [4.69, 9.17) is 5.14 Å². The molecule has 1 saturated carbocycles. The normalized spacial score (nSPS) is 16.3. The molecule has 0 aliphatic heterocycles. The molecule has 1 aromatic heterocycles. The minimum Gasteiger partial charge on any atom is -0.355 e. The van der Waals surface area contributed by atoms with Crippen LogP contribution in [0.1, 0.15) is 17.7 Å². The molecule has 140 valence electrons. The van der Waals surface area contributed by atoms with Gasteiger partial charge in [0.25, 0.3) is 0 Å². The molecule has 1 aliphatic rings. The molecule has 26 heavy (non-hydrogen) atoms. The fourth-order valence-electron chi connectivity index (χ4n) is 2.44. The summed E-state index contributed by atoms with van der Waals surface area (Å²) in [5, 5.41) is 11.7. The zero-order valence-corrected chi connectivity index (χ0v) is 16.9. The van der Waals surface area contributed by atoms with E-state index in [9.17, 15) is 8.42 Å². The molecule has 0 bridgehead atoms. The highest BCUT2D eigenvalue weighted by Gasteiger charge is 2.43. The third-order valence-electron chi connectivity index (χ3n) is 4.03. The Labute approximate surface area is 162 Å². The number of nitrogens with two attached hydrogens (primary N) is 1. The van der Waals surface area contributed by atoms with Crippen molar-refractivity contribution in [3.8, 4) is 0 Å². The van der Waals surface area contributed by atoms with Gasteiger partial charge in [0.15, 0.2) is 5.96 Å². The third-order valence-corrected chi connectivity index (χ3v) is 8.05. The number of hydrogen-bond acceptors (Lipinski definition) is 5. The molecular formula is C17H22N4O2S3. The third kappa shape index (κ3) is 5.23. The molecule has 0 atom stereocenters. The molecule has 4 N–H and O–H groups in total. The SMILES string of the molecule is CN=C(NCc1ccc(S(N)(=O)=O)s1)NCC1(Sc2ccccc2)CC1. The van der Waals surface area contributed by atoms with Crippen LogP contribution in [0.3, 0.4) is 0 Å². The maximum Gasteiger partial charge on any atom is 0.247 e. The van der Waals surface area contributed by atoms with Gasteiger partial charge in [0, 0.05) is 28.1 Å². The highest BCUT2D eigenvalue weighted by Crippen LogP contribution is 2.51. The Morgan fingerprint density at radius 1 is 1.23 bits per heavy atom. The second-order valence-corrected chi connectivity index (χ2v) is 10.6. The molecule has 0 saturated heterocycles. The number of primary sulfonamides is 1. The number of thiophene rings is 1. The van der Waals surface area contributed by atoms with Crippen LogP contribution in [0.4, 0.5) is 0 Å². The fourth-order valence-corrected chi connectivity index (χ4v) is 5.40. The zero-order valence-electron chi connectivity index (χ0n) is 14.4. The highest BCUT2D eigenvalue weighted by molar-refractivity contribution is 8.01. The van der Waals surface area contributed by atoms with Gasteiger partial charge in [-0.25, -0.2) is 13.6 Å². The smallest absolute Gasteiger partial charge is 0.247 e. The van der Waals surface area contributed by atoms with Crippen LogP contribution in [0.5, 0.6) is 0 Å². The van der Waals surface area contributed by atoms with Crippen molar-refractivity contribution in [3.05, 3.63) is 47.3 Å². The lowest BCUT2D eigenvalue weighted by Crippen LogP contribution is -2.40. The molecule has 6 nitrogen and oxygen atoms in total. The number of sulfonamides is 1. The minimum atomic E-state index is -3.64. The van der Waals surface area contributed by atoms with Gasteiger partial charge in [-0.2, -0.15) is 0 Å². The summed E-state index contributed by atoms with van der Waals surface area (Å²) in [7, 11) is -1.91. The minimum absolute atomic E-state index is 0.174. The van der Waals surface area contributed by atoms with Gasteiger partial charge in [-0.1, -0.05) is 18.2 Å². The van der Waals surface area contributed by atoms with Crippen LogP contribution in [-0.2, 0) is 16.6 Å². The predicted molar refractivity (Wildman–Crippen MR) is 108 cm³/mol. The average Bonchev–Trinajstić information content (AvgIpc) is 3.18. The molecule has 1 fully saturated rings. The lowest BCUT2D eigenvalue weighted by Gasteiger charge is -2.18. The quantitative estimate of drug-likeness (QED) is 0.481. The molecular weight excluding hydrogens is 388 g/mol. The number of rotatable bonds is 7. The van der Waals surface area contributed by atoms with E-state index >= 15 is 0 Å². The summed E-state index contributed by atoms with van der Waals surface area (Å²) in [6, 6.07) is 13.7. The molecule has 1 aliphatic carbocycles. The number of hydrogen-bond donors (Lipinski definition) is 3. The number of nitrogens with one attached hydrogen (secondary N) is 2. The monoisotopic (exact) mass is 410 g/mol. The van der Waals surface area contributed by atoms with Crippen LogP contribution in [-0.4, -0.2) is 32.7 Å². The summed E-state index contributed by atoms with van der Waals surface area (Å²) in [6.45, 7) is 1.33. The van der Waals surface area contributed by atoms with Gasteiger partial charge in [0.2, 0.25) is 10.0 Å². The van der Waals surface area contributed by atoms with Gasteiger partial charge in [0.05, 0.1) is 6.54 Å². The van der Waals surface area contributed by atoms with E-state index in [1.807, 2.05) is 17.8 Å². The van der Waals surface area contributed by atoms with Crippen molar-refractivity contribution in [2.75, 3.05) is 13.6 Å². The van der Waals surface area contributed by atoms with Gasteiger partial charge < -0.3 is 10.6 Å². The van der Waals surface area contributed by atoms with Crippen molar-refractivity contribution < 1.29 is 8.42 Å². The molecule has 0 spiro atoms. The molecule has 2 aromatic rings. The first-order valence-electron chi connectivity index (χ1n) is 8.20. The Morgan fingerprint density at radius 3 is 2.54 bits per heavy atom. The second-order valence-electron chi connectivity index (χ2n) is 6.14. The van der Waals surface area contributed by atoms with Crippen molar-refractivity contribution in [3.63, 3.8) is 0 Å². The molecule has 0 radical (unpaired) electrons. The standard InChI is InChI=1S/C17H22N4O2S3/c1-19-16(20-11-14-7-8-15(24-14)26(18,22)23)21-12-17(9-10-17)25-13-5-3-2-4-6-13/h2-8H,9-12H2,1H3,(H2,18,22,23)(H2,19,20,21). The van der Waals surface area contributed by atoms with Gasteiger partial charge in [-0.05, 0) is 37.1 Å². The molecule has 1 aromatic carbocycles. The first-order valence-corrected chi connectivity index (χ1v) is 11.4. The van der Waals surface area contributed by atoms with Crippen LogP contribution in [0.25, 0.3) is 0 Å². The van der Waals surface area contributed by atoms with Crippen molar-refractivity contribution in [2.45, 2.75) is 33.2 Å². The lowest BCUT2D eigenvalue weighted by atomic mass is 10.4. The lowest BCUT2D eigenvalue weighted by molar-refractivity contribution is 0.600. The Bertz CT molecular complexity index is 874. The van der Waals surface area contributed by atoms with E-state index in [1.54, 1.807) is 13.1 Å². The van der Waals surface area contributed by atoms with Gasteiger partial charge in [-0.15, -0.1) is 23.1 Å². The number of guanidine groups is 1. The first kappa shape index (κ1) is 19.2. The number of thioether (sulfide) groups is 1. The summed E-state index contributed by atoms with van der Waals surface area (Å²) < 4.78 is 23.1. The predicted octanol–water partition coefficient (Wildman–Crippen LogP) is 2.39. The molecule has 3 rings (SSSR count). The molecule has 0 unspecified atom stereocenters. The maximum absolute atomic E-state index is 11.3. The Hall–Kier alpha value is -1.55. The zero-order chi connectivity index (χ0) is 18.6. The van der Waals surface area contributed by atoms with Crippen molar-refractivity contribution in [1.29, 1.82) is 0 Å². The van der Waals surface area contributed by atoms with Crippen LogP contribution in [0, 0.1) is 0 Å². The Morgan fingerprint density at radius 2 is 1.96 bits per heavy atom. The summed E-state index contributed by atoms with van der Waals surface area (Å²) in [5.74, 6) is 0.704. The van der Waals surface area contributed by atoms with Crippen LogP contribution < -0.4 is 15.8 Å². The van der Waals surface area contributed by atoms with Crippen LogP contribution in [0.15, 0.2) is 56.6 Å². The number of aliphatic imine (C=N–C) groups is 1. The van der Waals surface area contributed by atoms with Gasteiger partial charge in [-0.3, -0.25) is 4.99 Å². The number of nitrogens with zero attached hydrogens (tertiary/aromatic N) is 1. The summed E-state index contributed by atoms with van der Waals surface area (Å²) in [5.41, 5.74) is 0. The van der Waals surface area contributed by atoms with Crippen molar-refractivity contribution in [2.24, 2.45) is 10.1 Å². The summed E-state index contributed by atoms with van der Waals surface area (Å²) >= 11 is 3.07. The first-order chi connectivity index (χ1) is 12.4. The van der Waals surface area contributed by atoms with E-state index in [0.717, 1.165) is 11.4 Å². The summed E-state index contributed by atoms with van der Waals surface area (Å²) in [4.78, 5) is 6.41. The number of benzene rings is 1. The van der Waals surface area contributed by atoms with E-state index in [-0.39, 0.29) is 8.96 Å². The van der Waals surface area contributed by atoms with Crippen LogP contribution >= 0.6 is 23.1 Å². The van der Waals surface area contributed by atoms with Gasteiger partial charge in [0.1, 0.15) is 4.21 Å². The van der Waals surface area contributed by atoms with Crippen molar-refractivity contribution in [1.82, 2.24) is 10.6 Å². The van der Waals surface area contributed by atoms with Crippen molar-refractivity contribution >= 4 is 39.1 Å². The molecule has 1 heterocycles. The highest BCUT2D eigenvalue weighted by atomic mass is 32.2. The van der Waals surface area contributed by atoms with Gasteiger partial charge >= 0.3 is 0 Å². The maximum atomic E-state index is 11.3. The molecule has 9 heteroatoms. The second kappa shape index (κ2) is 7.99. The largest absolute Gasteiger partial charge is 0.355 e. The summed E-state index contributed by atoms with van der Waals surface area (Å²) in [6.07, 6.45) is 2.36. The Balaban J connectivity index is 1.50. The van der Waals surface area contributed by atoms with E-state index in [0.29, 0.717) is 12.5 Å².